The van der Waals surface area contributed by atoms with Crippen molar-refractivity contribution in [2.75, 3.05) is 17.3 Å². The molecule has 0 unspecified atom stereocenters. The number of fused-ring (bicyclic) bond motifs is 3. The number of carboxylic acid groups (broad SMARTS) is 1. The minimum absolute atomic E-state index is 0.0261. The van der Waals surface area contributed by atoms with Gasteiger partial charge in [-0.05, 0) is 42.6 Å². The number of benzene rings is 2. The number of rotatable bonds is 8. The molecule has 0 saturated heterocycles. The third-order valence-corrected chi connectivity index (χ3v) is 7.18. The molecule has 0 amide bonds. The molecule has 2 aliphatic rings. The molecule has 3 heterocycles. The number of aliphatic imine (C=N–C) groups is 1. The molecule has 0 aliphatic carbocycles. The maximum Gasteiger partial charge on any atom is 0.303 e. The first-order valence-electron chi connectivity index (χ1n) is 11.1. The summed E-state index contributed by atoms with van der Waals surface area (Å²) in [5.74, 6) is 0.649. The van der Waals surface area contributed by atoms with Crippen LogP contribution in [-0.4, -0.2) is 55.1 Å². The fourth-order valence-corrected chi connectivity index (χ4v) is 5.36. The van der Waals surface area contributed by atoms with Crippen LogP contribution in [0.15, 0.2) is 71.3 Å². The monoisotopic (exact) mass is 528 g/mol. The highest BCUT2D eigenvalue weighted by atomic mass is 35.5. The van der Waals surface area contributed by atoms with Crippen molar-refractivity contribution in [1.82, 2.24) is 14.0 Å². The molecular formula is C24H22Cl2N6O2S. The highest BCUT2D eigenvalue weighted by molar-refractivity contribution is 7.96. The maximum atomic E-state index is 11.4. The Hall–Kier alpha value is -3.01. The van der Waals surface area contributed by atoms with Crippen LogP contribution in [-0.2, 0) is 11.3 Å². The molecule has 0 radical (unpaired) electrons. The topological polar surface area (TPSA) is 86.3 Å². The molecule has 1 N–H and O–H groups in total. The highest BCUT2D eigenvalue weighted by Gasteiger charge is 2.36. The maximum absolute atomic E-state index is 11.4. The van der Waals surface area contributed by atoms with E-state index in [1.54, 1.807) is 24.5 Å². The second-order valence-electron chi connectivity index (χ2n) is 8.08. The number of hydrogen-bond acceptors (Lipinski definition) is 7. The van der Waals surface area contributed by atoms with E-state index < -0.39 is 12.0 Å². The van der Waals surface area contributed by atoms with Crippen LogP contribution in [0.1, 0.15) is 24.0 Å². The summed E-state index contributed by atoms with van der Waals surface area (Å²) in [4.78, 5) is 22.7. The van der Waals surface area contributed by atoms with E-state index in [2.05, 4.69) is 9.88 Å². The Bertz CT molecular complexity index is 1300. The fourth-order valence-electron chi connectivity index (χ4n) is 4.12. The summed E-state index contributed by atoms with van der Waals surface area (Å²) in [6.07, 6.45) is 5.76. The number of imidazole rings is 1. The molecule has 2 aromatic carbocycles. The van der Waals surface area contributed by atoms with Crippen LogP contribution in [0, 0.1) is 0 Å². The smallest absolute Gasteiger partial charge is 0.303 e. The van der Waals surface area contributed by atoms with Gasteiger partial charge in [0.1, 0.15) is 12.7 Å². The number of hydrazone groups is 1. The van der Waals surface area contributed by atoms with Crippen molar-refractivity contribution in [2.45, 2.75) is 25.4 Å². The van der Waals surface area contributed by atoms with Gasteiger partial charge in [-0.15, -0.1) is 5.10 Å². The minimum Gasteiger partial charge on any atom is -0.481 e. The third-order valence-electron chi connectivity index (χ3n) is 5.75. The lowest BCUT2D eigenvalue weighted by Crippen LogP contribution is -2.36. The number of anilines is 1. The summed E-state index contributed by atoms with van der Waals surface area (Å²) in [5.41, 5.74) is 3.19. The number of aliphatic carboxylic acids is 1. The van der Waals surface area contributed by atoms with Gasteiger partial charge >= 0.3 is 5.97 Å². The van der Waals surface area contributed by atoms with E-state index in [9.17, 15) is 9.90 Å². The van der Waals surface area contributed by atoms with E-state index in [-0.39, 0.29) is 6.42 Å². The Morgan fingerprint density at radius 1 is 1.17 bits per heavy atom. The van der Waals surface area contributed by atoms with Gasteiger partial charge in [-0.1, -0.05) is 41.4 Å². The summed E-state index contributed by atoms with van der Waals surface area (Å²) >= 11 is 14.6. The zero-order valence-corrected chi connectivity index (χ0v) is 20.9. The zero-order valence-electron chi connectivity index (χ0n) is 18.6. The minimum atomic E-state index is -0.874. The summed E-state index contributed by atoms with van der Waals surface area (Å²) < 4.78 is 3.94. The predicted molar refractivity (Wildman–Crippen MR) is 141 cm³/mol. The van der Waals surface area contributed by atoms with Gasteiger partial charge in [0.15, 0.2) is 5.84 Å². The lowest BCUT2D eigenvalue weighted by atomic mass is 10.00. The van der Waals surface area contributed by atoms with Crippen LogP contribution in [0.5, 0.6) is 0 Å². The van der Waals surface area contributed by atoms with E-state index in [1.807, 2.05) is 57.6 Å². The number of hydrogen-bond donors (Lipinski definition) is 1. The molecule has 5 rings (SSSR count). The molecular weight excluding hydrogens is 507 g/mol. The number of aryl methyl sites for hydroxylation is 1. The SMILES string of the molecule is O=C(O)CC[C@@H]1N=C(c2ccccc2Cl)c2cc(Cl)ccc2N2CN(SCCn3ccnc3)N=C12. The molecule has 1 aromatic heterocycles. The van der Waals surface area contributed by atoms with E-state index in [0.717, 1.165) is 29.1 Å². The van der Waals surface area contributed by atoms with Crippen LogP contribution in [0.4, 0.5) is 5.69 Å². The van der Waals surface area contributed by atoms with Gasteiger partial charge in [-0.3, -0.25) is 9.79 Å². The van der Waals surface area contributed by atoms with Crippen LogP contribution in [0.2, 0.25) is 10.0 Å². The van der Waals surface area contributed by atoms with Gasteiger partial charge in [0, 0.05) is 52.3 Å². The van der Waals surface area contributed by atoms with Crippen LogP contribution >= 0.6 is 35.1 Å². The summed E-state index contributed by atoms with van der Waals surface area (Å²) in [6, 6.07) is 12.7. The van der Waals surface area contributed by atoms with Crippen LogP contribution < -0.4 is 4.90 Å². The first-order valence-corrected chi connectivity index (χ1v) is 12.8. The Kier molecular flexibility index (Phi) is 6.99. The second kappa shape index (κ2) is 10.3. The fraction of sp³-hybridized carbons (Fsp3) is 0.250. The largest absolute Gasteiger partial charge is 0.481 e. The third kappa shape index (κ3) is 5.17. The van der Waals surface area contributed by atoms with Gasteiger partial charge in [0.05, 0.1) is 17.7 Å². The molecule has 0 fully saturated rings. The van der Waals surface area contributed by atoms with Gasteiger partial charge in [0.2, 0.25) is 0 Å². The Labute approximate surface area is 217 Å². The van der Waals surface area contributed by atoms with E-state index in [0.29, 0.717) is 34.7 Å². The number of aromatic nitrogens is 2. The standard InChI is InChI=1S/C24H22Cl2N6O2S/c25-16-5-7-21-18(13-16)23(17-3-1-2-4-19(17)26)28-20(6-8-22(33)34)24-29-32(15-31(21)24)35-12-11-30-10-9-27-14-30/h1-5,7,9-10,13-14,20H,6,8,11-12,15H2,(H,33,34)/t20-/m0/s1. The Balaban J connectivity index is 1.53. The first-order chi connectivity index (χ1) is 17.0. The number of nitrogens with zero attached hydrogens (tertiary/aromatic N) is 6. The predicted octanol–water partition coefficient (Wildman–Crippen LogP) is 5.02. The van der Waals surface area contributed by atoms with E-state index in [4.69, 9.17) is 33.3 Å². The number of amidine groups is 1. The Morgan fingerprint density at radius 3 is 2.80 bits per heavy atom. The van der Waals surface area contributed by atoms with Gasteiger partial charge in [-0.25, -0.2) is 9.40 Å². The van der Waals surface area contributed by atoms with Crippen LogP contribution in [0.3, 0.4) is 0 Å². The van der Waals surface area contributed by atoms with E-state index in [1.165, 1.54) is 0 Å². The number of halogens is 2. The van der Waals surface area contributed by atoms with Crippen molar-refractivity contribution in [3.05, 3.63) is 82.4 Å². The molecule has 8 nitrogen and oxygen atoms in total. The van der Waals surface area contributed by atoms with E-state index >= 15 is 0 Å². The molecule has 1 atom stereocenters. The number of carbonyl (C=O) groups is 1. The van der Waals surface area contributed by atoms with Gasteiger partial charge < -0.3 is 14.6 Å². The molecule has 0 saturated carbocycles. The Morgan fingerprint density at radius 2 is 2.03 bits per heavy atom. The molecule has 35 heavy (non-hydrogen) atoms. The molecule has 3 aromatic rings. The quantitative estimate of drug-likeness (QED) is 0.413. The van der Waals surface area contributed by atoms with Crippen molar-refractivity contribution in [3.63, 3.8) is 0 Å². The second-order valence-corrected chi connectivity index (χ2v) is 10.0. The summed E-state index contributed by atoms with van der Waals surface area (Å²) in [5, 5.41) is 15.4. The first kappa shape index (κ1) is 23.7. The summed E-state index contributed by atoms with van der Waals surface area (Å²) in [7, 11) is 0. The lowest BCUT2D eigenvalue weighted by molar-refractivity contribution is -0.137. The number of carboxylic acids is 1. The summed E-state index contributed by atoms with van der Waals surface area (Å²) in [6.45, 7) is 1.31. The van der Waals surface area contributed by atoms with Crippen molar-refractivity contribution in [3.8, 4) is 0 Å². The zero-order chi connectivity index (χ0) is 24.4. The molecule has 180 valence electrons. The van der Waals surface area contributed by atoms with Crippen LogP contribution in [0.25, 0.3) is 0 Å². The van der Waals surface area contributed by atoms with Gasteiger partial charge in [0.25, 0.3) is 0 Å². The van der Waals surface area contributed by atoms with Crippen molar-refractivity contribution < 1.29 is 9.90 Å². The highest BCUT2D eigenvalue weighted by Crippen LogP contribution is 2.36. The molecule has 0 spiro atoms. The van der Waals surface area contributed by atoms with Crippen molar-refractivity contribution >= 4 is 58.4 Å². The molecule has 11 heteroatoms. The molecule has 0 bridgehead atoms. The van der Waals surface area contributed by atoms with Gasteiger partial charge in [-0.2, -0.15) is 0 Å². The van der Waals surface area contributed by atoms with Crippen molar-refractivity contribution in [1.29, 1.82) is 0 Å². The average molecular weight is 529 g/mol. The normalized spacial score (nSPS) is 16.9. The average Bonchev–Trinajstić information content (AvgIpc) is 3.48. The van der Waals surface area contributed by atoms with Crippen molar-refractivity contribution in [2.24, 2.45) is 10.1 Å². The molecule has 2 aliphatic heterocycles. The lowest BCUT2D eigenvalue weighted by Gasteiger charge is -2.23.